The van der Waals surface area contributed by atoms with Gasteiger partial charge in [-0.05, 0) is 37.6 Å². The minimum Gasteiger partial charge on any atom is -0.481 e. The van der Waals surface area contributed by atoms with Crippen molar-refractivity contribution in [2.24, 2.45) is 11.8 Å². The van der Waals surface area contributed by atoms with Gasteiger partial charge in [0.25, 0.3) is 0 Å². The molecule has 2 atom stereocenters. The minimum absolute atomic E-state index is 0.284. The van der Waals surface area contributed by atoms with Crippen molar-refractivity contribution in [2.75, 3.05) is 17.2 Å². The first-order valence-electron chi connectivity index (χ1n) is 6.58. The Morgan fingerprint density at radius 3 is 2.19 bits per heavy atom. The summed E-state index contributed by atoms with van der Waals surface area (Å²) in [7, 11) is 0. The molecule has 0 heterocycles. The Hall–Kier alpha value is -2.57. The highest BCUT2D eigenvalue weighted by Gasteiger charge is 2.48. The maximum absolute atomic E-state index is 11.8. The number of carbonyl (C=O) groups is 3. The van der Waals surface area contributed by atoms with Crippen LogP contribution in [0.2, 0.25) is 0 Å². The van der Waals surface area contributed by atoms with Gasteiger partial charge in [-0.1, -0.05) is 0 Å². The van der Waals surface area contributed by atoms with E-state index >= 15 is 0 Å². The number of carboxylic acid groups (broad SMARTS) is 1. The maximum Gasteiger partial charge on any atom is 0.411 e. The Kier molecular flexibility index (Phi) is 4.42. The summed E-state index contributed by atoms with van der Waals surface area (Å²) in [6.45, 7) is 1.99. The van der Waals surface area contributed by atoms with Crippen LogP contribution in [0.1, 0.15) is 13.3 Å². The number of hydrogen-bond donors (Lipinski definition) is 3. The molecule has 2 rings (SSSR count). The van der Waals surface area contributed by atoms with Crippen LogP contribution in [0.25, 0.3) is 0 Å². The van der Waals surface area contributed by atoms with Crippen LogP contribution in [0.5, 0.6) is 0 Å². The number of carboxylic acids is 1. The second-order valence-corrected chi connectivity index (χ2v) is 4.70. The van der Waals surface area contributed by atoms with E-state index in [1.54, 1.807) is 31.2 Å². The van der Waals surface area contributed by atoms with Crippen molar-refractivity contribution in [1.82, 2.24) is 0 Å². The predicted molar refractivity (Wildman–Crippen MR) is 74.9 cm³/mol. The van der Waals surface area contributed by atoms with Gasteiger partial charge in [-0.25, -0.2) is 4.79 Å². The quantitative estimate of drug-likeness (QED) is 0.769. The Bertz CT molecular complexity index is 555. The predicted octanol–water partition coefficient (Wildman–Crippen LogP) is 1.91. The second kappa shape index (κ2) is 6.25. The summed E-state index contributed by atoms with van der Waals surface area (Å²) in [6, 6.07) is 6.48. The number of rotatable bonds is 5. The molecule has 7 heteroatoms. The van der Waals surface area contributed by atoms with Gasteiger partial charge in [0, 0.05) is 11.4 Å². The number of anilines is 2. The lowest BCUT2D eigenvalue weighted by Crippen LogP contribution is -2.17. The van der Waals surface area contributed by atoms with E-state index in [4.69, 9.17) is 9.84 Å². The van der Waals surface area contributed by atoms with Gasteiger partial charge in [0.2, 0.25) is 5.91 Å². The average Bonchev–Trinajstić information content (AvgIpc) is 3.21. The third-order valence-electron chi connectivity index (χ3n) is 3.12. The number of nitrogens with one attached hydrogen (secondary N) is 2. The molecule has 1 fully saturated rings. The van der Waals surface area contributed by atoms with Crippen molar-refractivity contribution in [3.05, 3.63) is 24.3 Å². The van der Waals surface area contributed by atoms with E-state index in [0.29, 0.717) is 17.8 Å². The van der Waals surface area contributed by atoms with Crippen LogP contribution < -0.4 is 10.6 Å². The Morgan fingerprint density at radius 1 is 1.14 bits per heavy atom. The first kappa shape index (κ1) is 14.8. The zero-order valence-corrected chi connectivity index (χ0v) is 11.5. The molecule has 7 nitrogen and oxygen atoms in total. The number of aliphatic carboxylic acids is 1. The normalized spacial score (nSPS) is 19.5. The minimum atomic E-state index is -0.941. The SMILES string of the molecule is CCOC(=O)Nc1ccc(NC(=O)[C@@H]2C[C@@H]2C(=O)O)cc1. The first-order chi connectivity index (χ1) is 10.0. The van der Waals surface area contributed by atoms with Crippen LogP contribution in [-0.2, 0) is 14.3 Å². The fraction of sp³-hybridized carbons (Fsp3) is 0.357. The molecule has 1 aliphatic carbocycles. The molecule has 1 aromatic carbocycles. The molecule has 112 valence electrons. The standard InChI is InChI=1S/C14H16N2O5/c1-2-21-14(20)16-9-5-3-8(4-6-9)15-12(17)10-7-11(10)13(18)19/h3-6,10-11H,2,7H2,1H3,(H,15,17)(H,16,20)(H,18,19)/t10-,11+/m1/s1. The third kappa shape index (κ3) is 3.95. The van der Waals surface area contributed by atoms with Crippen LogP contribution in [-0.4, -0.2) is 29.7 Å². The third-order valence-corrected chi connectivity index (χ3v) is 3.12. The molecular weight excluding hydrogens is 276 g/mol. The van der Waals surface area contributed by atoms with E-state index in [1.807, 2.05) is 0 Å². The number of ether oxygens (including phenoxy) is 1. The highest BCUT2D eigenvalue weighted by Crippen LogP contribution is 2.39. The van der Waals surface area contributed by atoms with Gasteiger partial charge in [0.05, 0.1) is 18.4 Å². The van der Waals surface area contributed by atoms with Gasteiger partial charge < -0.3 is 15.2 Å². The van der Waals surface area contributed by atoms with Gasteiger partial charge in [-0.3, -0.25) is 14.9 Å². The van der Waals surface area contributed by atoms with E-state index in [2.05, 4.69) is 10.6 Å². The highest BCUT2D eigenvalue weighted by molar-refractivity contribution is 5.98. The summed E-state index contributed by atoms with van der Waals surface area (Å²) < 4.78 is 4.74. The average molecular weight is 292 g/mol. The van der Waals surface area contributed by atoms with Gasteiger partial charge in [-0.15, -0.1) is 0 Å². The fourth-order valence-corrected chi connectivity index (χ4v) is 1.91. The molecule has 0 saturated heterocycles. The summed E-state index contributed by atoms with van der Waals surface area (Å²) in [5.74, 6) is -2.27. The lowest BCUT2D eigenvalue weighted by molar-refractivity contribution is -0.139. The van der Waals surface area contributed by atoms with Crippen LogP contribution >= 0.6 is 0 Å². The fourth-order valence-electron chi connectivity index (χ4n) is 1.91. The molecule has 21 heavy (non-hydrogen) atoms. The molecule has 0 aliphatic heterocycles. The van der Waals surface area contributed by atoms with Crippen molar-refractivity contribution in [1.29, 1.82) is 0 Å². The van der Waals surface area contributed by atoms with Crippen LogP contribution in [0.15, 0.2) is 24.3 Å². The van der Waals surface area contributed by atoms with E-state index in [1.165, 1.54) is 0 Å². The van der Waals surface area contributed by atoms with Crippen molar-refractivity contribution in [3.8, 4) is 0 Å². The molecule has 0 unspecified atom stereocenters. The Balaban J connectivity index is 1.87. The van der Waals surface area contributed by atoms with Crippen molar-refractivity contribution >= 4 is 29.3 Å². The van der Waals surface area contributed by atoms with Crippen molar-refractivity contribution in [3.63, 3.8) is 0 Å². The van der Waals surface area contributed by atoms with E-state index in [0.717, 1.165) is 0 Å². The summed E-state index contributed by atoms with van der Waals surface area (Å²) >= 11 is 0. The highest BCUT2D eigenvalue weighted by atomic mass is 16.5. The summed E-state index contributed by atoms with van der Waals surface area (Å²) in [5.41, 5.74) is 1.09. The van der Waals surface area contributed by atoms with Crippen LogP contribution in [0.4, 0.5) is 16.2 Å². The molecule has 1 aliphatic rings. The largest absolute Gasteiger partial charge is 0.481 e. The van der Waals surface area contributed by atoms with E-state index in [-0.39, 0.29) is 12.5 Å². The summed E-state index contributed by atoms with van der Waals surface area (Å²) in [5, 5.41) is 13.9. The molecule has 3 N–H and O–H groups in total. The Morgan fingerprint density at radius 2 is 1.71 bits per heavy atom. The van der Waals surface area contributed by atoms with Gasteiger partial charge >= 0.3 is 12.1 Å². The Labute approximate surface area is 121 Å². The molecular formula is C14H16N2O5. The molecule has 1 saturated carbocycles. The summed E-state index contributed by atoms with van der Waals surface area (Å²) in [6.07, 6.45) is -0.166. The molecule has 0 aromatic heterocycles. The zero-order valence-electron chi connectivity index (χ0n) is 11.5. The maximum atomic E-state index is 11.8. The summed E-state index contributed by atoms with van der Waals surface area (Å²) in [4.78, 5) is 33.7. The van der Waals surface area contributed by atoms with Gasteiger partial charge in [0.15, 0.2) is 0 Å². The number of hydrogen-bond acceptors (Lipinski definition) is 4. The van der Waals surface area contributed by atoms with Crippen LogP contribution in [0, 0.1) is 11.8 Å². The molecule has 0 spiro atoms. The molecule has 0 radical (unpaired) electrons. The molecule has 0 bridgehead atoms. The zero-order chi connectivity index (χ0) is 15.4. The topological polar surface area (TPSA) is 105 Å². The lowest BCUT2D eigenvalue weighted by Gasteiger charge is -2.07. The number of benzene rings is 1. The van der Waals surface area contributed by atoms with E-state index in [9.17, 15) is 14.4 Å². The number of carbonyl (C=O) groups excluding carboxylic acids is 2. The van der Waals surface area contributed by atoms with Gasteiger partial charge in [-0.2, -0.15) is 0 Å². The van der Waals surface area contributed by atoms with E-state index < -0.39 is 23.9 Å². The van der Waals surface area contributed by atoms with Crippen molar-refractivity contribution < 1.29 is 24.2 Å². The van der Waals surface area contributed by atoms with Gasteiger partial charge in [0.1, 0.15) is 0 Å². The molecule has 1 aromatic rings. The van der Waals surface area contributed by atoms with Crippen LogP contribution in [0.3, 0.4) is 0 Å². The number of amides is 2. The second-order valence-electron chi connectivity index (χ2n) is 4.70. The molecule has 2 amide bonds. The lowest BCUT2D eigenvalue weighted by atomic mass is 10.2. The van der Waals surface area contributed by atoms with Crippen molar-refractivity contribution in [2.45, 2.75) is 13.3 Å². The monoisotopic (exact) mass is 292 g/mol. The smallest absolute Gasteiger partial charge is 0.411 e. The first-order valence-corrected chi connectivity index (χ1v) is 6.58.